The minimum Gasteiger partial charge on any atom is -0.267 e. The van der Waals surface area contributed by atoms with Crippen LogP contribution in [0.5, 0.6) is 0 Å². The van der Waals surface area contributed by atoms with Gasteiger partial charge in [-0.15, -0.1) is 0 Å². The Labute approximate surface area is 176 Å². The molecule has 1 aliphatic carbocycles. The van der Waals surface area contributed by atoms with E-state index in [-0.39, 0.29) is 11.4 Å². The van der Waals surface area contributed by atoms with Crippen LogP contribution in [0.4, 0.5) is 0 Å². The SMILES string of the molecule is Cc1ccc(S(=O)(=O)NCCn2nc(-c3ccccn3)c3c2CCCC3)cc1Cl. The number of fused-ring (bicyclic) bond motifs is 1. The van der Waals surface area contributed by atoms with E-state index in [1.165, 1.54) is 17.3 Å². The second-order valence-corrected chi connectivity index (χ2v) is 9.40. The second-order valence-electron chi connectivity index (χ2n) is 7.23. The van der Waals surface area contributed by atoms with Crippen molar-refractivity contribution >= 4 is 21.6 Å². The highest BCUT2D eigenvalue weighted by Gasteiger charge is 2.22. The highest BCUT2D eigenvalue weighted by atomic mass is 35.5. The summed E-state index contributed by atoms with van der Waals surface area (Å²) in [6.07, 6.45) is 5.96. The van der Waals surface area contributed by atoms with Gasteiger partial charge in [-0.1, -0.05) is 23.7 Å². The summed E-state index contributed by atoms with van der Waals surface area (Å²) < 4.78 is 29.8. The molecule has 0 radical (unpaired) electrons. The Hall–Kier alpha value is -2.22. The van der Waals surface area contributed by atoms with E-state index in [4.69, 9.17) is 16.7 Å². The molecule has 6 nitrogen and oxygen atoms in total. The van der Waals surface area contributed by atoms with Crippen molar-refractivity contribution in [1.82, 2.24) is 19.5 Å². The lowest BCUT2D eigenvalue weighted by atomic mass is 9.95. The lowest BCUT2D eigenvalue weighted by Crippen LogP contribution is -2.28. The van der Waals surface area contributed by atoms with Crippen molar-refractivity contribution < 1.29 is 8.42 Å². The molecule has 4 rings (SSSR count). The molecule has 2 aromatic heterocycles. The third-order valence-corrected chi connectivity index (χ3v) is 7.10. The maximum absolute atomic E-state index is 12.6. The van der Waals surface area contributed by atoms with Gasteiger partial charge in [0.05, 0.1) is 17.1 Å². The first-order valence-corrected chi connectivity index (χ1v) is 11.6. The lowest BCUT2D eigenvalue weighted by Gasteiger charge is -2.14. The van der Waals surface area contributed by atoms with E-state index in [0.717, 1.165) is 42.6 Å². The smallest absolute Gasteiger partial charge is 0.240 e. The van der Waals surface area contributed by atoms with E-state index in [9.17, 15) is 8.42 Å². The number of aromatic nitrogens is 3. The van der Waals surface area contributed by atoms with E-state index >= 15 is 0 Å². The van der Waals surface area contributed by atoms with Crippen molar-refractivity contribution in [3.05, 3.63) is 64.4 Å². The van der Waals surface area contributed by atoms with Crippen LogP contribution >= 0.6 is 11.6 Å². The fourth-order valence-electron chi connectivity index (χ4n) is 3.67. The number of sulfonamides is 1. The molecular formula is C21H23ClN4O2S. The van der Waals surface area contributed by atoms with Crippen LogP contribution in [0.15, 0.2) is 47.5 Å². The maximum atomic E-state index is 12.6. The number of hydrogen-bond donors (Lipinski definition) is 1. The molecule has 0 saturated carbocycles. The van der Waals surface area contributed by atoms with E-state index < -0.39 is 10.0 Å². The zero-order valence-electron chi connectivity index (χ0n) is 16.2. The molecule has 1 aromatic carbocycles. The number of nitrogens with zero attached hydrogens (tertiary/aromatic N) is 3. The molecule has 0 saturated heterocycles. The summed E-state index contributed by atoms with van der Waals surface area (Å²) in [5.41, 5.74) is 5.04. The molecule has 29 heavy (non-hydrogen) atoms. The Kier molecular flexibility index (Phi) is 5.72. The summed E-state index contributed by atoms with van der Waals surface area (Å²) >= 11 is 6.08. The van der Waals surface area contributed by atoms with E-state index in [0.29, 0.717) is 11.6 Å². The Bertz CT molecular complexity index is 1130. The zero-order valence-corrected chi connectivity index (χ0v) is 17.8. The number of hydrogen-bond acceptors (Lipinski definition) is 4. The number of pyridine rings is 1. The minimum atomic E-state index is -3.62. The Morgan fingerprint density at radius 1 is 1.17 bits per heavy atom. The molecular weight excluding hydrogens is 408 g/mol. The van der Waals surface area contributed by atoms with Crippen molar-refractivity contribution in [3.63, 3.8) is 0 Å². The van der Waals surface area contributed by atoms with Crippen LogP contribution in [0.2, 0.25) is 5.02 Å². The first-order valence-electron chi connectivity index (χ1n) is 9.71. The number of rotatable bonds is 6. The normalized spacial score (nSPS) is 14.0. The number of nitrogens with one attached hydrogen (secondary N) is 1. The molecule has 0 bridgehead atoms. The molecule has 152 valence electrons. The molecule has 2 heterocycles. The van der Waals surface area contributed by atoms with Crippen LogP contribution in [-0.2, 0) is 29.4 Å². The molecule has 1 N–H and O–H groups in total. The average molecular weight is 431 g/mol. The van der Waals surface area contributed by atoms with Crippen molar-refractivity contribution in [2.24, 2.45) is 0 Å². The summed E-state index contributed by atoms with van der Waals surface area (Å²) in [6.45, 7) is 2.56. The molecule has 0 amide bonds. The highest BCUT2D eigenvalue weighted by molar-refractivity contribution is 7.89. The molecule has 8 heteroatoms. The fraction of sp³-hybridized carbons (Fsp3) is 0.333. The summed E-state index contributed by atoms with van der Waals surface area (Å²) in [5.74, 6) is 0. The maximum Gasteiger partial charge on any atom is 0.240 e. The Morgan fingerprint density at radius 2 is 2.00 bits per heavy atom. The first kappa shape index (κ1) is 20.1. The van der Waals surface area contributed by atoms with Gasteiger partial charge in [0.25, 0.3) is 0 Å². The molecule has 0 atom stereocenters. The standard InChI is InChI=1S/C21H23ClN4O2S/c1-15-9-10-16(14-18(15)22)29(27,28)24-12-13-26-20-8-3-2-6-17(20)21(25-26)19-7-4-5-11-23-19/h4-5,7,9-11,14,24H,2-3,6,8,12-13H2,1H3. The topological polar surface area (TPSA) is 76.9 Å². The number of aryl methyl sites for hydroxylation is 1. The minimum absolute atomic E-state index is 0.171. The van der Waals surface area contributed by atoms with Gasteiger partial charge in [-0.2, -0.15) is 5.10 Å². The predicted octanol–water partition coefficient (Wildman–Crippen LogP) is 3.76. The summed E-state index contributed by atoms with van der Waals surface area (Å²) in [7, 11) is -3.62. The second kappa shape index (κ2) is 8.26. The summed E-state index contributed by atoms with van der Waals surface area (Å²) in [4.78, 5) is 4.62. The van der Waals surface area contributed by atoms with Gasteiger partial charge in [-0.05, 0) is 62.4 Å². The Morgan fingerprint density at radius 3 is 2.76 bits per heavy atom. The molecule has 0 unspecified atom stereocenters. The predicted molar refractivity (Wildman–Crippen MR) is 113 cm³/mol. The summed E-state index contributed by atoms with van der Waals surface area (Å²) in [6, 6.07) is 10.6. The molecule has 1 aliphatic rings. The molecule has 0 aliphatic heterocycles. The van der Waals surface area contributed by atoms with Crippen molar-refractivity contribution in [3.8, 4) is 11.4 Å². The van der Waals surface area contributed by atoms with Gasteiger partial charge in [-0.3, -0.25) is 9.67 Å². The van der Waals surface area contributed by atoms with Crippen LogP contribution in [0, 0.1) is 6.92 Å². The molecule has 3 aromatic rings. The van der Waals surface area contributed by atoms with Crippen LogP contribution in [-0.4, -0.2) is 29.7 Å². The van der Waals surface area contributed by atoms with Crippen LogP contribution in [0.1, 0.15) is 29.7 Å². The monoisotopic (exact) mass is 430 g/mol. The van der Waals surface area contributed by atoms with Gasteiger partial charge < -0.3 is 0 Å². The number of benzene rings is 1. The fourth-order valence-corrected chi connectivity index (χ4v) is 4.97. The largest absolute Gasteiger partial charge is 0.267 e. The van der Waals surface area contributed by atoms with Crippen LogP contribution in [0.3, 0.4) is 0 Å². The van der Waals surface area contributed by atoms with Gasteiger partial charge in [0, 0.05) is 29.0 Å². The number of halogens is 1. The van der Waals surface area contributed by atoms with Gasteiger partial charge >= 0.3 is 0 Å². The van der Waals surface area contributed by atoms with E-state index in [1.54, 1.807) is 18.3 Å². The Balaban J connectivity index is 1.53. The zero-order chi connectivity index (χ0) is 20.4. The van der Waals surface area contributed by atoms with Gasteiger partial charge in [0.15, 0.2) is 0 Å². The average Bonchev–Trinajstić information content (AvgIpc) is 3.09. The highest BCUT2D eigenvalue weighted by Crippen LogP contribution is 2.30. The summed E-state index contributed by atoms with van der Waals surface area (Å²) in [5, 5.41) is 5.22. The van der Waals surface area contributed by atoms with Gasteiger partial charge in [0.1, 0.15) is 5.69 Å². The third-order valence-electron chi connectivity index (χ3n) is 5.23. The van der Waals surface area contributed by atoms with Crippen molar-refractivity contribution in [2.45, 2.75) is 44.0 Å². The molecule has 0 fully saturated rings. The first-order chi connectivity index (χ1) is 14.0. The van der Waals surface area contributed by atoms with E-state index in [1.807, 2.05) is 29.8 Å². The van der Waals surface area contributed by atoms with Crippen molar-refractivity contribution in [1.29, 1.82) is 0 Å². The van der Waals surface area contributed by atoms with Crippen molar-refractivity contribution in [2.75, 3.05) is 6.54 Å². The van der Waals surface area contributed by atoms with Crippen LogP contribution < -0.4 is 4.72 Å². The quantitative estimate of drug-likeness (QED) is 0.645. The van der Waals surface area contributed by atoms with Crippen LogP contribution in [0.25, 0.3) is 11.4 Å². The molecule has 0 spiro atoms. The third kappa shape index (κ3) is 4.22. The van der Waals surface area contributed by atoms with E-state index in [2.05, 4.69) is 9.71 Å². The van der Waals surface area contributed by atoms with Gasteiger partial charge in [-0.25, -0.2) is 13.1 Å². The lowest BCUT2D eigenvalue weighted by molar-refractivity contribution is 0.538. The van der Waals surface area contributed by atoms with Gasteiger partial charge in [0.2, 0.25) is 10.0 Å².